The smallest absolute Gasteiger partial charge is 0.323 e. The minimum Gasteiger partial charge on any atom is -0.460 e. The van der Waals surface area contributed by atoms with Crippen molar-refractivity contribution < 1.29 is 22.3 Å². The molecule has 0 amide bonds. The largest absolute Gasteiger partial charge is 0.460 e. The summed E-state index contributed by atoms with van der Waals surface area (Å²) in [6.07, 6.45) is -3.22. The lowest BCUT2D eigenvalue weighted by Gasteiger charge is -2.21. The Bertz CT molecular complexity index is 756. The van der Waals surface area contributed by atoms with E-state index in [-0.39, 0.29) is 17.9 Å². The highest BCUT2D eigenvalue weighted by Gasteiger charge is 2.36. The molecule has 10 heteroatoms. The van der Waals surface area contributed by atoms with Crippen LogP contribution in [0.5, 0.6) is 6.01 Å². The zero-order chi connectivity index (χ0) is 20.0. The summed E-state index contributed by atoms with van der Waals surface area (Å²) in [6.45, 7) is 4.70. The average Bonchev–Trinajstić information content (AvgIpc) is 2.61. The van der Waals surface area contributed by atoms with Crippen LogP contribution in [0.2, 0.25) is 0 Å². The zero-order valence-corrected chi connectivity index (χ0v) is 15.2. The number of nitrogens with zero attached hydrogens (tertiary/aromatic N) is 4. The van der Waals surface area contributed by atoms with Crippen molar-refractivity contribution in [3.63, 3.8) is 0 Å². The van der Waals surface area contributed by atoms with Gasteiger partial charge in [0.05, 0.1) is 0 Å². The molecule has 0 spiro atoms. The molecule has 0 aliphatic carbocycles. The first kappa shape index (κ1) is 20.7. The van der Waals surface area contributed by atoms with Crippen LogP contribution in [0.3, 0.4) is 0 Å². The van der Waals surface area contributed by atoms with Gasteiger partial charge in [0.2, 0.25) is 17.6 Å². The molecule has 0 saturated heterocycles. The van der Waals surface area contributed by atoms with E-state index < -0.39 is 24.5 Å². The van der Waals surface area contributed by atoms with E-state index in [4.69, 9.17) is 4.74 Å². The van der Waals surface area contributed by atoms with Gasteiger partial charge in [0.1, 0.15) is 12.4 Å². The van der Waals surface area contributed by atoms with Crippen LogP contribution in [0.15, 0.2) is 24.3 Å². The number of hydrogen-bond acceptors (Lipinski definition) is 6. The Labute approximate surface area is 154 Å². The Balaban J connectivity index is 2.30. The second-order valence-electron chi connectivity index (χ2n) is 5.92. The number of rotatable bonds is 9. The number of ether oxygens (including phenoxy) is 1. The van der Waals surface area contributed by atoms with Gasteiger partial charge in [-0.3, -0.25) is 0 Å². The summed E-state index contributed by atoms with van der Waals surface area (Å²) < 4.78 is 57.5. The third kappa shape index (κ3) is 5.66. The van der Waals surface area contributed by atoms with Crippen LogP contribution in [0.4, 0.5) is 35.1 Å². The fraction of sp³-hybridized carbons (Fsp3) is 0.471. The lowest BCUT2D eigenvalue weighted by molar-refractivity contribution is -0.0498. The van der Waals surface area contributed by atoms with Crippen molar-refractivity contribution in [1.82, 2.24) is 15.0 Å². The molecule has 0 aliphatic heterocycles. The normalized spacial score (nSPS) is 13.3. The third-order valence-electron chi connectivity index (χ3n) is 3.67. The third-order valence-corrected chi connectivity index (χ3v) is 3.67. The van der Waals surface area contributed by atoms with Crippen molar-refractivity contribution in [2.75, 3.05) is 29.9 Å². The fourth-order valence-electron chi connectivity index (χ4n) is 2.08. The van der Waals surface area contributed by atoms with Crippen LogP contribution in [-0.2, 0) is 0 Å². The molecule has 1 unspecified atom stereocenters. The maximum atomic E-state index is 13.8. The van der Waals surface area contributed by atoms with Crippen LogP contribution in [0.1, 0.15) is 20.8 Å². The highest BCUT2D eigenvalue weighted by Crippen LogP contribution is 2.23. The summed E-state index contributed by atoms with van der Waals surface area (Å²) in [5, 5.41) is 2.80. The van der Waals surface area contributed by atoms with E-state index in [0.717, 1.165) is 6.92 Å². The van der Waals surface area contributed by atoms with Crippen molar-refractivity contribution in [2.45, 2.75) is 32.9 Å². The minimum atomic E-state index is -3.22. The second kappa shape index (κ2) is 8.83. The number of alkyl halides is 3. The van der Waals surface area contributed by atoms with Crippen LogP contribution < -0.4 is 15.0 Å². The molecular formula is C17H21F4N5O. The number of hydrogen-bond donors (Lipinski definition) is 1. The molecule has 1 atom stereocenters. The molecule has 1 N–H and O–H groups in total. The number of benzene rings is 1. The van der Waals surface area contributed by atoms with Gasteiger partial charge >= 0.3 is 6.01 Å². The van der Waals surface area contributed by atoms with Gasteiger partial charge in [-0.25, -0.2) is 17.6 Å². The number of anilines is 3. The maximum absolute atomic E-state index is 13.8. The predicted molar refractivity (Wildman–Crippen MR) is 94.1 cm³/mol. The maximum Gasteiger partial charge on any atom is 0.323 e. The second-order valence-corrected chi connectivity index (χ2v) is 5.92. The van der Waals surface area contributed by atoms with E-state index >= 15 is 0 Å². The SMILES string of the molecule is CCN(CC)c1nc(Nc2cccc(F)c2)nc(OCC(C)(F)C(F)F)n1. The van der Waals surface area contributed by atoms with Crippen molar-refractivity contribution in [1.29, 1.82) is 0 Å². The van der Waals surface area contributed by atoms with Gasteiger partial charge in [-0.2, -0.15) is 15.0 Å². The molecule has 27 heavy (non-hydrogen) atoms. The Morgan fingerprint density at radius 2 is 1.89 bits per heavy atom. The average molecular weight is 387 g/mol. The molecule has 1 aromatic heterocycles. The summed E-state index contributed by atoms with van der Waals surface area (Å²) in [7, 11) is 0. The lowest BCUT2D eigenvalue weighted by Crippen LogP contribution is -2.35. The first-order chi connectivity index (χ1) is 12.7. The molecule has 6 nitrogen and oxygen atoms in total. The van der Waals surface area contributed by atoms with E-state index in [1.54, 1.807) is 11.0 Å². The van der Waals surface area contributed by atoms with E-state index in [9.17, 15) is 17.6 Å². The van der Waals surface area contributed by atoms with Gasteiger partial charge in [-0.05, 0) is 39.0 Å². The van der Waals surface area contributed by atoms with Crippen LogP contribution in [-0.4, -0.2) is 46.7 Å². The monoisotopic (exact) mass is 387 g/mol. The van der Waals surface area contributed by atoms with E-state index in [1.807, 2.05) is 13.8 Å². The first-order valence-corrected chi connectivity index (χ1v) is 8.38. The Morgan fingerprint density at radius 3 is 2.48 bits per heavy atom. The van der Waals surface area contributed by atoms with Crippen LogP contribution in [0.25, 0.3) is 0 Å². The number of halogens is 4. The van der Waals surface area contributed by atoms with Crippen molar-refractivity contribution in [3.8, 4) is 6.01 Å². The number of nitrogens with one attached hydrogen (secondary N) is 1. The predicted octanol–water partition coefficient (Wildman–Crippen LogP) is 3.97. The van der Waals surface area contributed by atoms with Crippen LogP contribution in [0, 0.1) is 5.82 Å². The highest BCUT2D eigenvalue weighted by molar-refractivity contribution is 5.54. The molecule has 2 aromatic rings. The Hall–Kier alpha value is -2.65. The standard InChI is InChI=1S/C17H21F4N5O/c1-4-26(5-2)15-23-14(22-12-8-6-7-11(18)9-12)24-16(25-15)27-10-17(3,21)13(19)20/h6-9,13H,4-5,10H2,1-3H3,(H,22,23,24,25). The van der Waals surface area contributed by atoms with Gasteiger partial charge in [0.15, 0.2) is 0 Å². The number of aromatic nitrogens is 3. The topological polar surface area (TPSA) is 63.2 Å². The van der Waals surface area contributed by atoms with Gasteiger partial charge in [-0.1, -0.05) is 6.07 Å². The van der Waals surface area contributed by atoms with Gasteiger partial charge < -0.3 is 15.0 Å². The highest BCUT2D eigenvalue weighted by atomic mass is 19.3. The quantitative estimate of drug-likeness (QED) is 0.657. The molecule has 0 saturated carbocycles. The molecule has 1 aromatic carbocycles. The van der Waals surface area contributed by atoms with Gasteiger partial charge in [-0.15, -0.1) is 0 Å². The molecular weight excluding hydrogens is 366 g/mol. The molecule has 0 radical (unpaired) electrons. The van der Waals surface area contributed by atoms with Crippen LogP contribution >= 0.6 is 0 Å². The molecule has 1 heterocycles. The van der Waals surface area contributed by atoms with Gasteiger partial charge in [0, 0.05) is 18.8 Å². The van der Waals surface area contributed by atoms with E-state index in [2.05, 4.69) is 20.3 Å². The molecule has 0 aliphatic rings. The molecule has 148 valence electrons. The van der Waals surface area contributed by atoms with Gasteiger partial charge in [0.25, 0.3) is 6.43 Å². The molecule has 0 fully saturated rings. The first-order valence-electron chi connectivity index (χ1n) is 8.38. The zero-order valence-electron chi connectivity index (χ0n) is 15.2. The Kier molecular flexibility index (Phi) is 6.75. The minimum absolute atomic E-state index is 0.0186. The summed E-state index contributed by atoms with van der Waals surface area (Å²) in [6, 6.07) is 5.30. The summed E-state index contributed by atoms with van der Waals surface area (Å²) >= 11 is 0. The van der Waals surface area contributed by atoms with Crippen molar-refractivity contribution in [3.05, 3.63) is 30.1 Å². The summed E-state index contributed by atoms with van der Waals surface area (Å²) in [4.78, 5) is 14.0. The van der Waals surface area contributed by atoms with Crippen molar-refractivity contribution >= 4 is 17.6 Å². The summed E-state index contributed by atoms with van der Waals surface area (Å²) in [5.74, 6) is -0.216. The van der Waals surface area contributed by atoms with E-state index in [1.165, 1.54) is 18.2 Å². The van der Waals surface area contributed by atoms with E-state index in [0.29, 0.717) is 18.8 Å². The fourth-order valence-corrected chi connectivity index (χ4v) is 2.08. The lowest BCUT2D eigenvalue weighted by atomic mass is 10.2. The molecule has 0 bridgehead atoms. The van der Waals surface area contributed by atoms with Crippen molar-refractivity contribution in [2.24, 2.45) is 0 Å². The molecule has 2 rings (SSSR count). The summed E-state index contributed by atoms with van der Waals surface area (Å²) in [5.41, 5.74) is -2.47. The Morgan fingerprint density at radius 1 is 1.19 bits per heavy atom.